The summed E-state index contributed by atoms with van der Waals surface area (Å²) in [6, 6.07) is 14.7. The van der Waals surface area contributed by atoms with Crippen LogP contribution < -0.4 is 4.74 Å². The molecule has 0 bridgehead atoms. The minimum absolute atomic E-state index is 0.295. The predicted octanol–water partition coefficient (Wildman–Crippen LogP) is 3.81. The zero-order valence-corrected chi connectivity index (χ0v) is 12.1. The summed E-state index contributed by atoms with van der Waals surface area (Å²) >= 11 is 6.45. The normalized spacial score (nSPS) is 11.8. The summed E-state index contributed by atoms with van der Waals surface area (Å²) in [7, 11) is 2.98. The Balaban J connectivity index is 2.24. The van der Waals surface area contributed by atoms with Gasteiger partial charge >= 0.3 is 5.97 Å². The molecule has 2 aromatic rings. The summed E-state index contributed by atoms with van der Waals surface area (Å²) in [5.41, 5.74) is 2.36. The minimum Gasteiger partial charge on any atom is -0.497 e. The van der Waals surface area contributed by atoms with Crippen LogP contribution in [0.2, 0.25) is 0 Å². The van der Waals surface area contributed by atoms with Crippen LogP contribution in [0.25, 0.3) is 0 Å². The van der Waals surface area contributed by atoms with Crippen LogP contribution in [0, 0.1) is 0 Å². The van der Waals surface area contributed by atoms with Crippen LogP contribution in [0.4, 0.5) is 0 Å². The van der Waals surface area contributed by atoms with Crippen LogP contribution in [-0.4, -0.2) is 20.2 Å². The van der Waals surface area contributed by atoms with Crippen LogP contribution in [0.5, 0.6) is 5.75 Å². The van der Waals surface area contributed by atoms with Gasteiger partial charge in [0.2, 0.25) is 0 Å². The minimum atomic E-state index is -0.357. The van der Waals surface area contributed by atoms with Gasteiger partial charge in [0, 0.05) is 0 Å². The van der Waals surface area contributed by atoms with Crippen LogP contribution in [0.15, 0.2) is 48.5 Å². The molecular formula is C16H15ClO3. The van der Waals surface area contributed by atoms with E-state index in [2.05, 4.69) is 4.74 Å². The van der Waals surface area contributed by atoms with E-state index in [4.69, 9.17) is 16.3 Å². The van der Waals surface area contributed by atoms with Gasteiger partial charge in [-0.15, -0.1) is 11.6 Å². The molecule has 1 unspecified atom stereocenters. The van der Waals surface area contributed by atoms with Crippen molar-refractivity contribution >= 4 is 17.6 Å². The number of ether oxygens (including phenoxy) is 2. The topological polar surface area (TPSA) is 35.5 Å². The summed E-state index contributed by atoms with van der Waals surface area (Å²) in [5, 5.41) is -0.295. The highest BCUT2D eigenvalue weighted by Crippen LogP contribution is 2.30. The Kier molecular flexibility index (Phi) is 4.64. The zero-order valence-electron chi connectivity index (χ0n) is 11.3. The maximum atomic E-state index is 11.4. The van der Waals surface area contributed by atoms with E-state index >= 15 is 0 Å². The summed E-state index contributed by atoms with van der Waals surface area (Å²) < 4.78 is 9.85. The first-order valence-electron chi connectivity index (χ1n) is 6.12. The van der Waals surface area contributed by atoms with Crippen molar-refractivity contribution in [3.8, 4) is 5.75 Å². The molecule has 0 amide bonds. The largest absolute Gasteiger partial charge is 0.497 e. The van der Waals surface area contributed by atoms with Crippen molar-refractivity contribution in [1.82, 2.24) is 0 Å². The lowest BCUT2D eigenvalue weighted by Gasteiger charge is -2.12. The van der Waals surface area contributed by atoms with Gasteiger partial charge in [0.25, 0.3) is 0 Å². The molecule has 0 heterocycles. The van der Waals surface area contributed by atoms with Gasteiger partial charge in [-0.3, -0.25) is 0 Å². The third-order valence-electron chi connectivity index (χ3n) is 3.01. The number of rotatable bonds is 4. The summed E-state index contributed by atoms with van der Waals surface area (Å²) in [5.74, 6) is 0.406. The number of carbonyl (C=O) groups excluding carboxylic acids is 1. The van der Waals surface area contributed by atoms with E-state index < -0.39 is 0 Å². The Morgan fingerprint density at radius 1 is 1.05 bits per heavy atom. The van der Waals surface area contributed by atoms with Gasteiger partial charge in [0.15, 0.2) is 0 Å². The maximum absolute atomic E-state index is 11.4. The molecule has 0 aromatic heterocycles. The van der Waals surface area contributed by atoms with Gasteiger partial charge in [-0.25, -0.2) is 4.79 Å². The Bertz CT molecular complexity index is 593. The second-order valence-electron chi connectivity index (χ2n) is 4.25. The molecule has 0 N–H and O–H groups in total. The highest BCUT2D eigenvalue weighted by Gasteiger charge is 2.13. The van der Waals surface area contributed by atoms with Crippen molar-refractivity contribution in [2.75, 3.05) is 14.2 Å². The van der Waals surface area contributed by atoms with Crippen LogP contribution in [0.1, 0.15) is 26.9 Å². The second-order valence-corrected chi connectivity index (χ2v) is 4.69. The summed E-state index contributed by atoms with van der Waals surface area (Å²) in [4.78, 5) is 11.4. The molecule has 0 saturated heterocycles. The molecule has 1 atom stereocenters. The fraction of sp³-hybridized carbons (Fsp3) is 0.188. The number of benzene rings is 2. The van der Waals surface area contributed by atoms with E-state index in [1.165, 1.54) is 7.11 Å². The smallest absolute Gasteiger partial charge is 0.337 e. The number of hydrogen-bond donors (Lipinski definition) is 0. The molecule has 2 aromatic carbocycles. The molecule has 0 aliphatic heterocycles. The van der Waals surface area contributed by atoms with Crippen LogP contribution in [-0.2, 0) is 4.74 Å². The third kappa shape index (κ3) is 3.11. The standard InChI is InChI=1S/C16H15ClO3/c1-19-14-5-3-4-13(10-14)15(17)11-6-8-12(9-7-11)16(18)20-2/h3-10,15H,1-2H3. The number of alkyl halides is 1. The molecule has 3 nitrogen and oxygen atoms in total. The van der Waals surface area contributed by atoms with E-state index in [1.54, 1.807) is 19.2 Å². The third-order valence-corrected chi connectivity index (χ3v) is 3.51. The van der Waals surface area contributed by atoms with Crippen molar-refractivity contribution < 1.29 is 14.3 Å². The van der Waals surface area contributed by atoms with Crippen molar-refractivity contribution in [2.45, 2.75) is 5.38 Å². The summed E-state index contributed by atoms with van der Waals surface area (Å²) in [6.45, 7) is 0. The Morgan fingerprint density at radius 3 is 2.35 bits per heavy atom. The predicted molar refractivity (Wildman–Crippen MR) is 78.5 cm³/mol. The van der Waals surface area contributed by atoms with Gasteiger partial charge < -0.3 is 9.47 Å². The van der Waals surface area contributed by atoms with Gasteiger partial charge in [-0.05, 0) is 35.4 Å². The highest BCUT2D eigenvalue weighted by atomic mass is 35.5. The number of carbonyl (C=O) groups is 1. The summed E-state index contributed by atoms with van der Waals surface area (Å²) in [6.07, 6.45) is 0. The number of hydrogen-bond acceptors (Lipinski definition) is 3. The van der Waals surface area contributed by atoms with Gasteiger partial charge in [-0.2, -0.15) is 0 Å². The monoisotopic (exact) mass is 290 g/mol. The number of halogens is 1. The van der Waals surface area contributed by atoms with Crippen LogP contribution >= 0.6 is 11.6 Å². The SMILES string of the molecule is COC(=O)c1ccc(C(Cl)c2cccc(OC)c2)cc1. The van der Waals surface area contributed by atoms with Gasteiger partial charge in [0.05, 0.1) is 25.2 Å². The highest BCUT2D eigenvalue weighted by molar-refractivity contribution is 6.22. The first kappa shape index (κ1) is 14.4. The lowest BCUT2D eigenvalue weighted by atomic mass is 10.0. The van der Waals surface area contributed by atoms with E-state index in [-0.39, 0.29) is 11.3 Å². The average Bonchev–Trinajstić information content (AvgIpc) is 2.53. The lowest BCUT2D eigenvalue weighted by Crippen LogP contribution is -2.01. The Hall–Kier alpha value is -2.00. The molecule has 0 radical (unpaired) electrons. The molecule has 0 saturated carbocycles. The average molecular weight is 291 g/mol. The fourth-order valence-electron chi connectivity index (χ4n) is 1.90. The number of methoxy groups -OCH3 is 2. The van der Waals surface area contributed by atoms with E-state index in [0.29, 0.717) is 5.56 Å². The van der Waals surface area contributed by atoms with E-state index in [1.807, 2.05) is 36.4 Å². The van der Waals surface area contributed by atoms with E-state index in [9.17, 15) is 4.79 Å². The molecule has 0 aliphatic carbocycles. The van der Waals surface area contributed by atoms with Gasteiger partial charge in [0.1, 0.15) is 5.75 Å². The van der Waals surface area contributed by atoms with Gasteiger partial charge in [-0.1, -0.05) is 24.3 Å². The molecule has 0 aliphatic rings. The zero-order chi connectivity index (χ0) is 14.5. The quantitative estimate of drug-likeness (QED) is 0.634. The molecule has 104 valence electrons. The van der Waals surface area contributed by atoms with E-state index in [0.717, 1.165) is 16.9 Å². The maximum Gasteiger partial charge on any atom is 0.337 e. The molecule has 0 fully saturated rings. The second kappa shape index (κ2) is 6.44. The molecule has 2 rings (SSSR count). The molecular weight excluding hydrogens is 276 g/mol. The molecule has 0 spiro atoms. The first-order chi connectivity index (χ1) is 9.65. The van der Waals surface area contributed by atoms with Crippen molar-refractivity contribution in [3.63, 3.8) is 0 Å². The number of esters is 1. The van der Waals surface area contributed by atoms with Crippen molar-refractivity contribution in [2.24, 2.45) is 0 Å². The molecule has 4 heteroatoms. The Morgan fingerprint density at radius 2 is 1.75 bits per heavy atom. The molecule has 20 heavy (non-hydrogen) atoms. The lowest BCUT2D eigenvalue weighted by molar-refractivity contribution is 0.0600. The fourth-order valence-corrected chi connectivity index (χ4v) is 2.18. The van der Waals surface area contributed by atoms with Crippen molar-refractivity contribution in [3.05, 3.63) is 65.2 Å². The first-order valence-corrected chi connectivity index (χ1v) is 6.55. The van der Waals surface area contributed by atoms with Crippen LogP contribution in [0.3, 0.4) is 0 Å². The van der Waals surface area contributed by atoms with Crippen molar-refractivity contribution in [1.29, 1.82) is 0 Å². The Labute approximate surface area is 123 Å².